The van der Waals surface area contributed by atoms with E-state index < -0.39 is 31.7 Å². The SMILES string of the molecule is CC(C)OC1C[C@H](n2cc(/C=C/C(=O)NCCNc3ncnc4nc[nH]c34)c3c(N)ncnc32)O[C@@H]1COP(=O)(O)C(C)C. The number of fused-ring (bicyclic) bond motifs is 2. The van der Waals surface area contributed by atoms with Crippen LogP contribution in [0.1, 0.15) is 45.9 Å². The van der Waals surface area contributed by atoms with E-state index in [9.17, 15) is 14.3 Å². The van der Waals surface area contributed by atoms with Crippen LogP contribution >= 0.6 is 7.60 Å². The van der Waals surface area contributed by atoms with Crippen LogP contribution in [0.25, 0.3) is 28.3 Å². The Kier molecular flexibility index (Phi) is 9.56. The Balaban J connectivity index is 1.27. The molecule has 16 nitrogen and oxygen atoms in total. The zero-order valence-electron chi connectivity index (χ0n) is 24.9. The van der Waals surface area contributed by atoms with E-state index in [0.29, 0.717) is 53.1 Å². The molecule has 6 N–H and O–H groups in total. The predicted molar refractivity (Wildman–Crippen MR) is 164 cm³/mol. The second-order valence-electron chi connectivity index (χ2n) is 10.9. The lowest BCUT2D eigenvalue weighted by atomic mass is 10.2. The van der Waals surface area contributed by atoms with E-state index >= 15 is 0 Å². The van der Waals surface area contributed by atoms with Gasteiger partial charge in [-0.2, -0.15) is 0 Å². The van der Waals surface area contributed by atoms with Crippen LogP contribution in [-0.4, -0.2) is 88.9 Å². The molecule has 0 aromatic carbocycles. The average molecular weight is 629 g/mol. The van der Waals surface area contributed by atoms with E-state index in [2.05, 4.69) is 40.5 Å². The number of hydrogen-bond donors (Lipinski definition) is 5. The molecule has 1 amide bonds. The average Bonchev–Trinajstić information content (AvgIpc) is 3.70. The highest BCUT2D eigenvalue weighted by molar-refractivity contribution is 7.53. The third kappa shape index (κ3) is 7.05. The predicted octanol–water partition coefficient (Wildman–Crippen LogP) is 2.61. The normalized spacial score (nSPS) is 20.3. The second kappa shape index (κ2) is 13.4. The number of nitrogens with one attached hydrogen (secondary N) is 3. The third-order valence-corrected chi connectivity index (χ3v) is 8.86. The van der Waals surface area contributed by atoms with E-state index in [0.717, 1.165) is 0 Å². The molecule has 0 radical (unpaired) electrons. The molecule has 1 saturated heterocycles. The molecule has 44 heavy (non-hydrogen) atoms. The number of nitrogens with two attached hydrogens (primary N) is 1. The monoisotopic (exact) mass is 628 g/mol. The maximum atomic E-state index is 12.6. The maximum absolute atomic E-state index is 12.6. The largest absolute Gasteiger partial charge is 0.383 e. The number of anilines is 2. The summed E-state index contributed by atoms with van der Waals surface area (Å²) in [5, 5.41) is 6.54. The number of aromatic nitrogens is 7. The molecule has 0 bridgehead atoms. The molecule has 5 heterocycles. The maximum Gasteiger partial charge on any atom is 0.330 e. The van der Waals surface area contributed by atoms with Crippen molar-refractivity contribution >= 4 is 53.4 Å². The first kappa shape index (κ1) is 31.5. The van der Waals surface area contributed by atoms with Gasteiger partial charge in [-0.3, -0.25) is 9.36 Å². The first-order valence-electron chi connectivity index (χ1n) is 14.3. The number of hydrogen-bond acceptors (Lipinski definition) is 12. The number of rotatable bonds is 13. The van der Waals surface area contributed by atoms with Crippen molar-refractivity contribution in [2.75, 3.05) is 30.7 Å². The lowest BCUT2D eigenvalue weighted by molar-refractivity contribution is -0.116. The zero-order chi connectivity index (χ0) is 31.4. The molecule has 4 aromatic heterocycles. The van der Waals surface area contributed by atoms with E-state index in [1.165, 1.54) is 18.7 Å². The fourth-order valence-electron chi connectivity index (χ4n) is 4.82. The van der Waals surface area contributed by atoms with Gasteiger partial charge < -0.3 is 44.8 Å². The van der Waals surface area contributed by atoms with Crippen LogP contribution in [0.5, 0.6) is 0 Å². The van der Waals surface area contributed by atoms with Crippen molar-refractivity contribution in [3.05, 3.63) is 36.8 Å². The molecule has 236 valence electrons. The van der Waals surface area contributed by atoms with Crippen LogP contribution in [-0.2, 0) is 23.4 Å². The number of nitrogen functional groups attached to an aromatic ring is 1. The standard InChI is InChI=1S/C27H37N10O6P/c1-15(2)42-18-9-21(43-19(18)11-41-44(39,40)16(3)4)37-10-17(22-24(28)32-13-36-27(22)37)5-6-20(38)29-7-8-30-25-23-26(33-12-31-23)35-14-34-25/h5-6,10,12-16,18-19,21H,7-9,11H2,1-4H3,(H,29,38)(H,39,40)(H2,28,32,36)(H2,30,31,33,34,35)/b6-5+/t18?,19-,21-/m1/s1. The lowest BCUT2D eigenvalue weighted by Gasteiger charge is -2.23. The Hall–Kier alpha value is -3.95. The summed E-state index contributed by atoms with van der Waals surface area (Å²) in [7, 11) is -3.80. The molecular weight excluding hydrogens is 591 g/mol. The van der Waals surface area contributed by atoms with E-state index in [1.54, 1.807) is 32.4 Å². The first-order valence-corrected chi connectivity index (χ1v) is 15.9. The van der Waals surface area contributed by atoms with Crippen LogP contribution in [0, 0.1) is 0 Å². The van der Waals surface area contributed by atoms with E-state index in [4.69, 9.17) is 19.7 Å². The van der Waals surface area contributed by atoms with Gasteiger partial charge in [0.2, 0.25) is 5.91 Å². The molecular formula is C27H37N10O6P. The zero-order valence-corrected chi connectivity index (χ0v) is 25.8. The van der Waals surface area contributed by atoms with Crippen molar-refractivity contribution in [1.82, 2.24) is 39.8 Å². The van der Waals surface area contributed by atoms with Gasteiger partial charge in [-0.15, -0.1) is 0 Å². The van der Waals surface area contributed by atoms with Gasteiger partial charge in [-0.25, -0.2) is 24.9 Å². The van der Waals surface area contributed by atoms with E-state index in [-0.39, 0.29) is 24.4 Å². The van der Waals surface area contributed by atoms with Crippen molar-refractivity contribution in [2.24, 2.45) is 0 Å². The van der Waals surface area contributed by atoms with Crippen molar-refractivity contribution in [3.8, 4) is 0 Å². The summed E-state index contributed by atoms with van der Waals surface area (Å²) in [4.78, 5) is 46.7. The Bertz CT molecular complexity index is 1690. The Morgan fingerprint density at radius 3 is 2.80 bits per heavy atom. The highest BCUT2D eigenvalue weighted by Crippen LogP contribution is 2.48. The Labute approximate surface area is 253 Å². The molecule has 0 aliphatic carbocycles. The smallest absolute Gasteiger partial charge is 0.330 e. The molecule has 5 rings (SSSR count). The number of H-pyrrole nitrogens is 1. The Morgan fingerprint density at radius 2 is 2.02 bits per heavy atom. The summed E-state index contributed by atoms with van der Waals surface area (Å²) in [6.45, 7) is 7.73. The van der Waals surface area contributed by atoms with E-state index in [1.807, 2.05) is 18.4 Å². The number of imidazole rings is 1. The number of ether oxygens (including phenoxy) is 2. The van der Waals surface area contributed by atoms with Crippen LogP contribution in [0.15, 0.2) is 31.3 Å². The minimum absolute atomic E-state index is 0.102. The first-order chi connectivity index (χ1) is 21.0. The molecule has 1 fully saturated rings. The summed E-state index contributed by atoms with van der Waals surface area (Å²) in [6.07, 6.45) is 7.96. The molecule has 1 aliphatic rings. The summed E-state index contributed by atoms with van der Waals surface area (Å²) in [5.41, 5.74) is 8.06. The van der Waals surface area contributed by atoms with Gasteiger partial charge in [-0.1, -0.05) is 13.8 Å². The fraction of sp³-hybridized carbons (Fsp3) is 0.481. The summed E-state index contributed by atoms with van der Waals surface area (Å²) in [6, 6.07) is 0. The van der Waals surface area contributed by atoms with Gasteiger partial charge in [0.05, 0.1) is 36.2 Å². The summed E-state index contributed by atoms with van der Waals surface area (Å²) >= 11 is 0. The van der Waals surface area contributed by atoms with Gasteiger partial charge >= 0.3 is 7.60 Å². The summed E-state index contributed by atoms with van der Waals surface area (Å²) < 4.78 is 32.0. The molecule has 2 unspecified atom stereocenters. The van der Waals surface area contributed by atoms with Crippen LogP contribution in [0.4, 0.5) is 11.6 Å². The van der Waals surface area contributed by atoms with Crippen LogP contribution in [0.2, 0.25) is 0 Å². The van der Waals surface area contributed by atoms with Gasteiger partial charge in [0.15, 0.2) is 11.5 Å². The molecule has 4 atom stereocenters. The van der Waals surface area contributed by atoms with Gasteiger partial charge in [0, 0.05) is 37.3 Å². The highest BCUT2D eigenvalue weighted by Gasteiger charge is 2.40. The molecule has 4 aromatic rings. The topological polar surface area (TPSA) is 217 Å². The molecule has 0 spiro atoms. The fourth-order valence-corrected chi connectivity index (χ4v) is 5.48. The Morgan fingerprint density at radius 1 is 1.23 bits per heavy atom. The quantitative estimate of drug-likeness (QED) is 0.0818. The number of aromatic amines is 1. The van der Waals surface area contributed by atoms with Crippen molar-refractivity contribution in [3.63, 3.8) is 0 Å². The second-order valence-corrected chi connectivity index (χ2v) is 13.3. The van der Waals surface area contributed by atoms with Gasteiger partial charge in [-0.05, 0) is 19.9 Å². The molecule has 0 saturated carbocycles. The van der Waals surface area contributed by atoms with Crippen molar-refractivity contribution < 1.29 is 28.3 Å². The number of carbonyl (C=O) groups is 1. The molecule has 1 aliphatic heterocycles. The number of carbonyl (C=O) groups excluding carboxylic acids is 1. The third-order valence-electron chi connectivity index (χ3n) is 7.04. The van der Waals surface area contributed by atoms with Crippen molar-refractivity contribution in [2.45, 2.75) is 64.3 Å². The lowest BCUT2D eigenvalue weighted by Crippen LogP contribution is -2.31. The molecule has 17 heteroatoms. The minimum atomic E-state index is -3.80. The highest BCUT2D eigenvalue weighted by atomic mass is 31.2. The minimum Gasteiger partial charge on any atom is -0.383 e. The van der Waals surface area contributed by atoms with Crippen LogP contribution in [0.3, 0.4) is 0 Å². The number of amides is 1. The summed E-state index contributed by atoms with van der Waals surface area (Å²) in [5.74, 6) is 0.532. The van der Waals surface area contributed by atoms with Crippen LogP contribution < -0.4 is 16.4 Å². The number of nitrogens with zero attached hydrogens (tertiary/aromatic N) is 6. The van der Waals surface area contributed by atoms with Crippen molar-refractivity contribution in [1.29, 1.82) is 0 Å². The van der Waals surface area contributed by atoms with Gasteiger partial charge in [0.25, 0.3) is 0 Å². The van der Waals surface area contributed by atoms with Gasteiger partial charge in [0.1, 0.15) is 42.0 Å².